The second kappa shape index (κ2) is 11.3. The van der Waals surface area contributed by atoms with Crippen LogP contribution in [0.2, 0.25) is 0 Å². The first kappa shape index (κ1) is 20.9. The third-order valence-corrected chi connectivity index (χ3v) is 4.46. The zero-order valence-electron chi connectivity index (χ0n) is 16.6. The van der Waals surface area contributed by atoms with Crippen LogP contribution in [-0.2, 0) is 6.42 Å². The van der Waals surface area contributed by atoms with Crippen molar-refractivity contribution in [2.75, 3.05) is 20.1 Å². The predicted molar refractivity (Wildman–Crippen MR) is 109 cm³/mol. The molecule has 0 saturated heterocycles. The van der Waals surface area contributed by atoms with Gasteiger partial charge in [0.25, 0.3) is 5.91 Å². The minimum atomic E-state index is -0.160. The first-order valence-corrected chi connectivity index (χ1v) is 9.78. The first-order valence-electron chi connectivity index (χ1n) is 9.78. The normalized spacial score (nSPS) is 11.8. The average Bonchev–Trinajstić information content (AvgIpc) is 2.69. The summed E-state index contributed by atoms with van der Waals surface area (Å²) < 4.78 is 5.74. The van der Waals surface area contributed by atoms with Crippen LogP contribution in [0.5, 0.6) is 11.6 Å². The van der Waals surface area contributed by atoms with Gasteiger partial charge in [0.15, 0.2) is 0 Å². The van der Waals surface area contributed by atoms with Gasteiger partial charge in [0.2, 0.25) is 5.88 Å². The number of nitrogens with one attached hydrogen (secondary N) is 2. The molecule has 1 aromatic heterocycles. The van der Waals surface area contributed by atoms with Gasteiger partial charge < -0.3 is 15.4 Å². The number of hydrogen-bond acceptors (Lipinski definition) is 4. The number of amides is 1. The van der Waals surface area contributed by atoms with Gasteiger partial charge in [-0.25, -0.2) is 4.98 Å². The van der Waals surface area contributed by atoms with Crippen molar-refractivity contribution in [3.8, 4) is 11.6 Å². The number of ether oxygens (including phenoxy) is 1. The van der Waals surface area contributed by atoms with E-state index >= 15 is 0 Å². The summed E-state index contributed by atoms with van der Waals surface area (Å²) in [5.74, 6) is 1.81. The zero-order chi connectivity index (χ0) is 19.5. The largest absolute Gasteiger partial charge is 0.439 e. The van der Waals surface area contributed by atoms with Gasteiger partial charge >= 0.3 is 0 Å². The minimum Gasteiger partial charge on any atom is -0.439 e. The highest BCUT2D eigenvalue weighted by Gasteiger charge is 2.05. The van der Waals surface area contributed by atoms with Crippen molar-refractivity contribution in [3.63, 3.8) is 0 Å². The van der Waals surface area contributed by atoms with E-state index in [0.29, 0.717) is 11.4 Å². The maximum absolute atomic E-state index is 11.5. The fourth-order valence-electron chi connectivity index (χ4n) is 2.93. The van der Waals surface area contributed by atoms with Crippen molar-refractivity contribution >= 4 is 5.91 Å². The lowest BCUT2D eigenvalue weighted by Crippen LogP contribution is -2.22. The smallest absolute Gasteiger partial charge is 0.252 e. The Labute approximate surface area is 162 Å². The number of pyridine rings is 1. The van der Waals surface area contributed by atoms with Crippen LogP contribution in [-0.4, -0.2) is 31.0 Å². The van der Waals surface area contributed by atoms with E-state index in [4.69, 9.17) is 4.74 Å². The Morgan fingerprint density at radius 2 is 1.96 bits per heavy atom. The van der Waals surface area contributed by atoms with Crippen molar-refractivity contribution in [2.24, 2.45) is 5.92 Å². The Balaban J connectivity index is 1.74. The Hall–Kier alpha value is -2.40. The van der Waals surface area contributed by atoms with Crippen molar-refractivity contribution in [1.82, 2.24) is 15.6 Å². The molecule has 0 aliphatic carbocycles. The van der Waals surface area contributed by atoms with Gasteiger partial charge in [-0.05, 0) is 62.0 Å². The van der Waals surface area contributed by atoms with Gasteiger partial charge in [-0.15, -0.1) is 0 Å². The SMILES string of the molecule is CCCC(C)CNCCCc1ccc(Oc2ccc(C(=O)NC)cn2)cc1. The highest BCUT2D eigenvalue weighted by molar-refractivity contribution is 5.93. The minimum absolute atomic E-state index is 0.160. The number of carbonyl (C=O) groups is 1. The molecule has 0 saturated carbocycles. The van der Waals surface area contributed by atoms with Crippen LogP contribution < -0.4 is 15.4 Å². The lowest BCUT2D eigenvalue weighted by Gasteiger charge is -2.11. The quantitative estimate of drug-likeness (QED) is 0.583. The predicted octanol–water partition coefficient (Wildman–Crippen LogP) is 4.19. The van der Waals surface area contributed by atoms with E-state index in [1.54, 1.807) is 19.2 Å². The molecule has 2 aromatic rings. The van der Waals surface area contributed by atoms with Gasteiger partial charge in [-0.3, -0.25) is 4.79 Å². The Bertz CT molecular complexity index is 684. The fourth-order valence-corrected chi connectivity index (χ4v) is 2.93. The monoisotopic (exact) mass is 369 g/mol. The van der Waals surface area contributed by atoms with Gasteiger partial charge in [-0.2, -0.15) is 0 Å². The van der Waals surface area contributed by atoms with Crippen molar-refractivity contribution in [1.29, 1.82) is 0 Å². The van der Waals surface area contributed by atoms with Crippen LogP contribution in [0.3, 0.4) is 0 Å². The van der Waals surface area contributed by atoms with Crippen LogP contribution in [0.4, 0.5) is 0 Å². The molecule has 0 aliphatic heterocycles. The van der Waals surface area contributed by atoms with Gasteiger partial charge in [0.1, 0.15) is 5.75 Å². The maximum atomic E-state index is 11.5. The molecular formula is C22H31N3O2. The molecule has 0 radical (unpaired) electrons. The molecule has 5 heteroatoms. The first-order chi connectivity index (χ1) is 13.1. The number of nitrogens with zero attached hydrogens (tertiary/aromatic N) is 1. The molecule has 0 fully saturated rings. The molecule has 1 heterocycles. The topological polar surface area (TPSA) is 63.2 Å². The molecule has 2 rings (SSSR count). The molecular weight excluding hydrogens is 338 g/mol. The number of carbonyl (C=O) groups excluding carboxylic acids is 1. The highest BCUT2D eigenvalue weighted by atomic mass is 16.5. The summed E-state index contributed by atoms with van der Waals surface area (Å²) >= 11 is 0. The number of aryl methyl sites for hydroxylation is 1. The van der Waals surface area contributed by atoms with Crippen LogP contribution in [0.15, 0.2) is 42.6 Å². The third kappa shape index (κ3) is 7.39. The van der Waals surface area contributed by atoms with Crippen LogP contribution in [0, 0.1) is 5.92 Å². The summed E-state index contributed by atoms with van der Waals surface area (Å²) in [4.78, 5) is 15.7. The summed E-state index contributed by atoms with van der Waals surface area (Å²) in [6.07, 6.45) is 6.23. The summed E-state index contributed by atoms with van der Waals surface area (Å²) in [7, 11) is 1.59. The standard InChI is InChI=1S/C22H31N3O2/c1-4-6-17(2)15-24-14-5-7-18-8-11-20(12-9-18)27-21-13-10-19(16-25-21)22(26)23-3/h8-13,16-17,24H,4-7,14-15H2,1-3H3,(H,23,26). The highest BCUT2D eigenvalue weighted by Crippen LogP contribution is 2.20. The summed E-state index contributed by atoms with van der Waals surface area (Å²) in [6, 6.07) is 11.5. The van der Waals surface area contributed by atoms with Gasteiger partial charge in [0, 0.05) is 19.3 Å². The van der Waals surface area contributed by atoms with Crippen molar-refractivity contribution in [2.45, 2.75) is 39.5 Å². The molecule has 0 aliphatic rings. The molecule has 1 aromatic carbocycles. The van der Waals surface area contributed by atoms with Crippen LogP contribution in [0.1, 0.15) is 49.0 Å². The lowest BCUT2D eigenvalue weighted by molar-refractivity contribution is 0.0962. The van der Waals surface area contributed by atoms with Crippen molar-refractivity contribution in [3.05, 3.63) is 53.7 Å². The van der Waals surface area contributed by atoms with E-state index in [2.05, 4.69) is 41.6 Å². The Kier molecular flexibility index (Phi) is 8.78. The molecule has 146 valence electrons. The molecule has 1 atom stereocenters. The van der Waals surface area contributed by atoms with E-state index in [1.807, 2.05) is 12.1 Å². The van der Waals surface area contributed by atoms with Crippen molar-refractivity contribution < 1.29 is 9.53 Å². The zero-order valence-corrected chi connectivity index (χ0v) is 16.6. The van der Waals surface area contributed by atoms with E-state index in [0.717, 1.165) is 37.6 Å². The van der Waals surface area contributed by atoms with E-state index in [-0.39, 0.29) is 5.91 Å². The number of hydrogen-bond donors (Lipinski definition) is 2. The number of aromatic nitrogens is 1. The fraction of sp³-hybridized carbons (Fsp3) is 0.455. The molecule has 27 heavy (non-hydrogen) atoms. The molecule has 0 bridgehead atoms. The summed E-state index contributed by atoms with van der Waals surface area (Å²) in [5, 5.41) is 6.11. The molecule has 1 unspecified atom stereocenters. The van der Waals surface area contributed by atoms with E-state index in [1.165, 1.54) is 24.6 Å². The molecule has 2 N–H and O–H groups in total. The average molecular weight is 370 g/mol. The molecule has 1 amide bonds. The summed E-state index contributed by atoms with van der Waals surface area (Å²) in [5.41, 5.74) is 1.81. The molecule has 5 nitrogen and oxygen atoms in total. The third-order valence-electron chi connectivity index (χ3n) is 4.46. The van der Waals surface area contributed by atoms with E-state index in [9.17, 15) is 4.79 Å². The second-order valence-electron chi connectivity index (χ2n) is 6.91. The van der Waals surface area contributed by atoms with Crippen LogP contribution in [0.25, 0.3) is 0 Å². The number of benzene rings is 1. The Morgan fingerprint density at radius 3 is 2.59 bits per heavy atom. The van der Waals surface area contributed by atoms with Gasteiger partial charge in [0.05, 0.1) is 5.56 Å². The molecule has 0 spiro atoms. The summed E-state index contributed by atoms with van der Waals surface area (Å²) in [6.45, 7) is 6.69. The number of rotatable bonds is 11. The lowest BCUT2D eigenvalue weighted by atomic mass is 10.1. The van der Waals surface area contributed by atoms with Crippen LogP contribution >= 0.6 is 0 Å². The van der Waals surface area contributed by atoms with E-state index < -0.39 is 0 Å². The maximum Gasteiger partial charge on any atom is 0.252 e. The van der Waals surface area contributed by atoms with Gasteiger partial charge in [-0.1, -0.05) is 32.4 Å². The Morgan fingerprint density at radius 1 is 1.19 bits per heavy atom. The second-order valence-corrected chi connectivity index (χ2v) is 6.91.